The Kier molecular flexibility index (Phi) is 5.15. The zero-order valence-corrected chi connectivity index (χ0v) is 11.7. The molecular formula is C13H24N2O4. The van der Waals surface area contributed by atoms with Crippen molar-refractivity contribution in [2.75, 3.05) is 47.1 Å². The Labute approximate surface area is 114 Å². The number of hydrogen-bond acceptors (Lipinski definition) is 5. The van der Waals surface area contributed by atoms with Crippen LogP contribution in [0.15, 0.2) is 0 Å². The maximum atomic E-state index is 11.3. The van der Waals surface area contributed by atoms with Gasteiger partial charge < -0.3 is 19.5 Å². The Morgan fingerprint density at radius 3 is 2.42 bits per heavy atom. The zero-order valence-electron chi connectivity index (χ0n) is 11.7. The lowest BCUT2D eigenvalue weighted by atomic mass is 10.0. The third kappa shape index (κ3) is 3.66. The van der Waals surface area contributed by atoms with Gasteiger partial charge in [0.2, 0.25) is 0 Å². The molecule has 0 spiro atoms. The molecule has 2 aliphatic rings. The summed E-state index contributed by atoms with van der Waals surface area (Å²) in [5.74, 6) is -1.34. The van der Waals surface area contributed by atoms with Crippen molar-refractivity contribution in [2.24, 2.45) is 5.92 Å². The fourth-order valence-corrected chi connectivity index (χ4v) is 2.87. The predicted octanol–water partition coefficient (Wildman–Crippen LogP) is 0.0861. The number of carboxylic acid groups (broad SMARTS) is 1. The van der Waals surface area contributed by atoms with Crippen molar-refractivity contribution in [3.8, 4) is 0 Å². The van der Waals surface area contributed by atoms with Crippen molar-refractivity contribution in [1.82, 2.24) is 9.80 Å². The minimum atomic E-state index is -0.812. The van der Waals surface area contributed by atoms with E-state index in [-0.39, 0.29) is 12.2 Å². The Morgan fingerprint density at radius 2 is 1.84 bits per heavy atom. The fourth-order valence-electron chi connectivity index (χ4n) is 2.87. The van der Waals surface area contributed by atoms with Crippen LogP contribution in [0.25, 0.3) is 0 Å². The smallest absolute Gasteiger partial charge is 0.311 e. The van der Waals surface area contributed by atoms with Gasteiger partial charge in [-0.25, -0.2) is 0 Å². The van der Waals surface area contributed by atoms with Gasteiger partial charge in [0.25, 0.3) is 0 Å². The summed E-state index contributed by atoms with van der Waals surface area (Å²) in [6, 6.07) is 0. The van der Waals surface area contributed by atoms with Crippen LogP contribution >= 0.6 is 0 Å². The number of piperazine rings is 1. The summed E-state index contributed by atoms with van der Waals surface area (Å²) < 4.78 is 11.1. The molecule has 1 saturated carbocycles. The third-order valence-corrected chi connectivity index (χ3v) is 4.19. The van der Waals surface area contributed by atoms with E-state index in [1.165, 1.54) is 0 Å². The van der Waals surface area contributed by atoms with E-state index in [0.717, 1.165) is 39.0 Å². The molecule has 0 aromatic rings. The maximum Gasteiger partial charge on any atom is 0.311 e. The molecule has 1 aliphatic heterocycles. The lowest BCUT2D eigenvalue weighted by Crippen LogP contribution is -2.46. The van der Waals surface area contributed by atoms with Crippen LogP contribution in [-0.2, 0) is 14.3 Å². The maximum absolute atomic E-state index is 11.3. The van der Waals surface area contributed by atoms with Crippen molar-refractivity contribution in [1.29, 1.82) is 0 Å². The second-order valence-electron chi connectivity index (χ2n) is 5.47. The number of ether oxygens (including phenoxy) is 2. The summed E-state index contributed by atoms with van der Waals surface area (Å²) in [6.07, 6.45) is 1.10. The van der Waals surface area contributed by atoms with E-state index in [2.05, 4.69) is 16.8 Å². The molecule has 2 fully saturated rings. The largest absolute Gasteiger partial charge is 0.481 e. The summed E-state index contributed by atoms with van der Waals surface area (Å²) in [5, 5.41) is 9.28. The van der Waals surface area contributed by atoms with Crippen molar-refractivity contribution >= 4 is 5.97 Å². The van der Waals surface area contributed by atoms with Crippen LogP contribution < -0.4 is 0 Å². The fraction of sp³-hybridized carbons (Fsp3) is 0.923. The highest BCUT2D eigenvalue weighted by molar-refractivity contribution is 5.72. The molecule has 110 valence electrons. The number of rotatable bonds is 5. The number of likely N-dealkylation sites (N-methyl/N-ethyl adjacent to an activating group) is 1. The molecule has 1 saturated heterocycles. The number of carboxylic acids is 1. The normalized spacial score (nSPS) is 33.7. The first kappa shape index (κ1) is 14.7. The highest BCUT2D eigenvalue weighted by Gasteiger charge is 2.42. The Hall–Kier alpha value is -0.690. The summed E-state index contributed by atoms with van der Waals surface area (Å²) >= 11 is 0. The van der Waals surface area contributed by atoms with Crippen LogP contribution in [0, 0.1) is 5.92 Å². The van der Waals surface area contributed by atoms with E-state index in [9.17, 15) is 9.90 Å². The second kappa shape index (κ2) is 6.65. The van der Waals surface area contributed by atoms with Gasteiger partial charge in [-0.3, -0.25) is 9.69 Å². The molecule has 1 heterocycles. The molecule has 0 aromatic carbocycles. The first-order chi connectivity index (χ1) is 9.11. The average molecular weight is 272 g/mol. The van der Waals surface area contributed by atoms with Gasteiger partial charge in [-0.2, -0.15) is 0 Å². The highest BCUT2D eigenvalue weighted by atomic mass is 16.5. The Balaban J connectivity index is 1.80. The van der Waals surface area contributed by atoms with Gasteiger partial charge >= 0.3 is 5.97 Å². The van der Waals surface area contributed by atoms with Crippen LogP contribution in [0.2, 0.25) is 0 Å². The quantitative estimate of drug-likeness (QED) is 0.765. The van der Waals surface area contributed by atoms with Gasteiger partial charge in [0.05, 0.1) is 18.9 Å². The molecular weight excluding hydrogens is 248 g/mol. The Bertz CT molecular complexity index is 305. The van der Waals surface area contributed by atoms with Gasteiger partial charge in [0, 0.05) is 33.3 Å². The molecule has 6 nitrogen and oxygen atoms in total. The zero-order chi connectivity index (χ0) is 13.8. The number of methoxy groups -OCH3 is 1. The van der Waals surface area contributed by atoms with Gasteiger partial charge in [-0.1, -0.05) is 0 Å². The van der Waals surface area contributed by atoms with Crippen LogP contribution in [0.5, 0.6) is 0 Å². The van der Waals surface area contributed by atoms with Crippen molar-refractivity contribution in [3.63, 3.8) is 0 Å². The predicted molar refractivity (Wildman–Crippen MR) is 70.0 cm³/mol. The first-order valence-corrected chi connectivity index (χ1v) is 6.90. The molecule has 0 bridgehead atoms. The number of nitrogens with zero attached hydrogens (tertiary/aromatic N) is 2. The summed E-state index contributed by atoms with van der Waals surface area (Å²) in [4.78, 5) is 15.8. The van der Waals surface area contributed by atoms with Gasteiger partial charge in [-0.15, -0.1) is 0 Å². The monoisotopic (exact) mass is 272 g/mol. The first-order valence-electron chi connectivity index (χ1n) is 6.90. The van der Waals surface area contributed by atoms with E-state index in [1.807, 2.05) is 0 Å². The third-order valence-electron chi connectivity index (χ3n) is 4.19. The van der Waals surface area contributed by atoms with Crippen LogP contribution in [0.1, 0.15) is 12.8 Å². The molecule has 2 rings (SSSR count). The lowest BCUT2D eigenvalue weighted by molar-refractivity contribution is -0.153. The van der Waals surface area contributed by atoms with Crippen molar-refractivity contribution in [3.05, 3.63) is 0 Å². The molecule has 19 heavy (non-hydrogen) atoms. The van der Waals surface area contributed by atoms with Crippen molar-refractivity contribution < 1.29 is 19.4 Å². The molecule has 0 aromatic heterocycles. The number of hydrogen-bond donors (Lipinski definition) is 1. The Morgan fingerprint density at radius 1 is 1.21 bits per heavy atom. The molecule has 3 atom stereocenters. The second-order valence-corrected chi connectivity index (χ2v) is 5.47. The topological polar surface area (TPSA) is 62.2 Å². The van der Waals surface area contributed by atoms with E-state index < -0.39 is 11.9 Å². The van der Waals surface area contributed by atoms with E-state index >= 15 is 0 Å². The number of aliphatic carboxylic acids is 1. The van der Waals surface area contributed by atoms with Gasteiger partial charge in [0.15, 0.2) is 0 Å². The van der Waals surface area contributed by atoms with Crippen LogP contribution in [0.3, 0.4) is 0 Å². The van der Waals surface area contributed by atoms with Gasteiger partial charge in [0.1, 0.15) is 5.92 Å². The molecule has 3 unspecified atom stereocenters. The highest BCUT2D eigenvalue weighted by Crippen LogP contribution is 2.31. The van der Waals surface area contributed by atoms with E-state index in [1.54, 1.807) is 7.11 Å². The van der Waals surface area contributed by atoms with E-state index in [4.69, 9.17) is 9.47 Å². The minimum absolute atomic E-state index is 0.213. The summed E-state index contributed by atoms with van der Waals surface area (Å²) in [6.45, 7) is 4.57. The molecule has 6 heteroatoms. The van der Waals surface area contributed by atoms with Crippen LogP contribution in [0.4, 0.5) is 0 Å². The molecule has 0 amide bonds. The lowest BCUT2D eigenvalue weighted by Gasteiger charge is -2.33. The van der Waals surface area contributed by atoms with Crippen LogP contribution in [-0.4, -0.2) is 80.2 Å². The standard InChI is InChI=1S/C13H24N2O4/c1-14-5-7-15(8-6-14)9-19-11-4-3-10(18-2)12(11)13(16)17/h10-12H,3-9H2,1-2H3,(H,16,17). The average Bonchev–Trinajstić information content (AvgIpc) is 2.81. The molecule has 0 radical (unpaired) electrons. The molecule has 1 aliphatic carbocycles. The summed E-state index contributed by atoms with van der Waals surface area (Å²) in [7, 11) is 3.68. The van der Waals surface area contributed by atoms with Crippen molar-refractivity contribution in [2.45, 2.75) is 25.0 Å². The molecule has 1 N–H and O–H groups in total. The SMILES string of the molecule is COC1CCC(OCN2CCN(C)CC2)C1C(=O)O. The van der Waals surface area contributed by atoms with Gasteiger partial charge in [-0.05, 0) is 19.9 Å². The van der Waals surface area contributed by atoms with E-state index in [0.29, 0.717) is 6.73 Å². The minimum Gasteiger partial charge on any atom is -0.481 e. The summed E-state index contributed by atoms with van der Waals surface area (Å²) in [5.41, 5.74) is 0. The number of carbonyl (C=O) groups is 1.